The number of amides is 2. The summed E-state index contributed by atoms with van der Waals surface area (Å²) in [5.74, 6) is -0.132. The third-order valence-corrected chi connectivity index (χ3v) is 7.02. The minimum atomic E-state index is -3.97. The van der Waals surface area contributed by atoms with Crippen LogP contribution in [0.4, 0.5) is 11.4 Å². The van der Waals surface area contributed by atoms with Crippen LogP contribution in [-0.4, -0.2) is 38.9 Å². The molecule has 2 N–H and O–H groups in total. The van der Waals surface area contributed by atoms with Gasteiger partial charge in [0.15, 0.2) is 0 Å². The first-order chi connectivity index (χ1) is 15.5. The molecule has 0 aliphatic carbocycles. The molecule has 1 aliphatic rings. The minimum Gasteiger partial charge on any atom is -0.494 e. The van der Waals surface area contributed by atoms with E-state index < -0.39 is 22.0 Å². The summed E-state index contributed by atoms with van der Waals surface area (Å²) in [6.07, 6.45) is 0.574. The van der Waals surface area contributed by atoms with E-state index in [1.54, 1.807) is 55.1 Å². The Hall–Kier alpha value is -2.91. The lowest BCUT2D eigenvalue weighted by atomic mass is 10.0. The van der Waals surface area contributed by atoms with Crippen LogP contribution in [0.15, 0.2) is 47.4 Å². The molecule has 0 spiro atoms. The maximum absolute atomic E-state index is 13.1. The molecule has 0 bridgehead atoms. The van der Waals surface area contributed by atoms with Gasteiger partial charge in [0.1, 0.15) is 11.8 Å². The van der Waals surface area contributed by atoms with Gasteiger partial charge in [-0.1, -0.05) is 13.8 Å². The SMILES string of the molecule is CCOc1ccc(NC(=O)[C@H](NS(=O)(=O)c2ccc3c(c2)C[C@H](C)N3C(C)=O)C(C)C)cc1. The Balaban J connectivity index is 1.78. The Labute approximate surface area is 195 Å². The van der Waals surface area contributed by atoms with Crippen LogP contribution in [0.3, 0.4) is 0 Å². The van der Waals surface area contributed by atoms with E-state index in [9.17, 15) is 18.0 Å². The van der Waals surface area contributed by atoms with Crippen LogP contribution in [0.5, 0.6) is 5.75 Å². The second-order valence-electron chi connectivity index (χ2n) is 8.52. The zero-order chi connectivity index (χ0) is 24.3. The number of anilines is 2. The molecule has 0 fully saturated rings. The van der Waals surface area contributed by atoms with Crippen LogP contribution in [0, 0.1) is 5.92 Å². The van der Waals surface area contributed by atoms with Crippen LogP contribution in [0.25, 0.3) is 0 Å². The van der Waals surface area contributed by atoms with Gasteiger partial charge in [-0.05, 0) is 74.2 Å². The molecule has 178 valence electrons. The topological polar surface area (TPSA) is 105 Å². The fourth-order valence-corrected chi connectivity index (χ4v) is 5.40. The van der Waals surface area contributed by atoms with Gasteiger partial charge in [-0.2, -0.15) is 4.72 Å². The first-order valence-corrected chi connectivity index (χ1v) is 12.5. The van der Waals surface area contributed by atoms with Crippen molar-refractivity contribution in [2.45, 2.75) is 58.0 Å². The molecule has 2 atom stereocenters. The van der Waals surface area contributed by atoms with Crippen molar-refractivity contribution in [1.29, 1.82) is 0 Å². The summed E-state index contributed by atoms with van der Waals surface area (Å²) in [6, 6.07) is 10.6. The van der Waals surface area contributed by atoms with Crippen molar-refractivity contribution >= 4 is 33.2 Å². The quantitative estimate of drug-likeness (QED) is 0.612. The Morgan fingerprint density at radius 2 is 1.82 bits per heavy atom. The van der Waals surface area contributed by atoms with Gasteiger partial charge in [-0.15, -0.1) is 0 Å². The average Bonchev–Trinajstić information content (AvgIpc) is 3.08. The van der Waals surface area contributed by atoms with Crippen molar-refractivity contribution < 1.29 is 22.7 Å². The summed E-state index contributed by atoms with van der Waals surface area (Å²) in [7, 11) is -3.97. The van der Waals surface area contributed by atoms with E-state index in [4.69, 9.17) is 4.74 Å². The van der Waals surface area contributed by atoms with Gasteiger partial charge in [-0.25, -0.2) is 8.42 Å². The molecule has 0 radical (unpaired) electrons. The van der Waals surface area contributed by atoms with Gasteiger partial charge in [0.25, 0.3) is 0 Å². The van der Waals surface area contributed by atoms with E-state index in [1.165, 1.54) is 13.0 Å². The van der Waals surface area contributed by atoms with E-state index in [2.05, 4.69) is 10.0 Å². The lowest BCUT2D eigenvalue weighted by Gasteiger charge is -2.22. The van der Waals surface area contributed by atoms with Gasteiger partial charge < -0.3 is 15.0 Å². The van der Waals surface area contributed by atoms with Crippen LogP contribution >= 0.6 is 0 Å². The lowest BCUT2D eigenvalue weighted by Crippen LogP contribution is -2.47. The minimum absolute atomic E-state index is 0.0354. The van der Waals surface area contributed by atoms with Gasteiger partial charge in [0.05, 0.1) is 11.5 Å². The summed E-state index contributed by atoms with van der Waals surface area (Å²) >= 11 is 0. The largest absolute Gasteiger partial charge is 0.494 e. The molecular weight excluding hydrogens is 442 g/mol. The van der Waals surface area contributed by atoms with Gasteiger partial charge in [0, 0.05) is 24.3 Å². The number of rotatable bonds is 8. The first-order valence-electron chi connectivity index (χ1n) is 11.0. The fourth-order valence-electron chi connectivity index (χ4n) is 4.00. The smallest absolute Gasteiger partial charge is 0.242 e. The molecule has 0 saturated carbocycles. The Morgan fingerprint density at radius 3 is 2.39 bits per heavy atom. The van der Waals surface area contributed by atoms with E-state index in [-0.39, 0.29) is 22.8 Å². The Bertz CT molecular complexity index is 1130. The second-order valence-corrected chi connectivity index (χ2v) is 10.2. The molecule has 9 heteroatoms. The average molecular weight is 474 g/mol. The van der Waals surface area contributed by atoms with E-state index in [1.807, 2.05) is 13.8 Å². The predicted octanol–water partition coefficient (Wildman–Crippen LogP) is 3.32. The fraction of sp³-hybridized carbons (Fsp3) is 0.417. The molecule has 1 heterocycles. The summed E-state index contributed by atoms with van der Waals surface area (Å²) in [6.45, 7) is 9.40. The van der Waals surface area contributed by atoms with Crippen LogP contribution < -0.4 is 19.7 Å². The predicted molar refractivity (Wildman–Crippen MR) is 128 cm³/mol. The highest BCUT2D eigenvalue weighted by Gasteiger charge is 2.32. The molecule has 0 saturated heterocycles. The van der Waals surface area contributed by atoms with Crippen LogP contribution in [-0.2, 0) is 26.0 Å². The molecule has 3 rings (SSSR count). The lowest BCUT2D eigenvalue weighted by molar-refractivity contribution is -0.118. The number of fused-ring (bicyclic) bond motifs is 1. The van der Waals surface area contributed by atoms with Crippen LogP contribution in [0.2, 0.25) is 0 Å². The molecule has 2 aromatic carbocycles. The van der Waals surface area contributed by atoms with Crippen molar-refractivity contribution in [1.82, 2.24) is 4.72 Å². The number of carbonyl (C=O) groups excluding carboxylic acids is 2. The van der Waals surface area contributed by atoms with Gasteiger partial charge in [0.2, 0.25) is 21.8 Å². The van der Waals surface area contributed by atoms with Crippen molar-refractivity contribution in [3.05, 3.63) is 48.0 Å². The van der Waals surface area contributed by atoms with E-state index >= 15 is 0 Å². The normalized spacial score (nSPS) is 16.4. The van der Waals surface area contributed by atoms with E-state index in [0.717, 1.165) is 11.3 Å². The van der Waals surface area contributed by atoms with Crippen molar-refractivity contribution in [3.8, 4) is 5.75 Å². The monoisotopic (exact) mass is 473 g/mol. The van der Waals surface area contributed by atoms with Crippen molar-refractivity contribution in [2.24, 2.45) is 5.92 Å². The standard InChI is InChI=1S/C24H31N3O5S/c1-6-32-20-9-7-19(8-10-20)25-24(29)23(15(2)3)26-33(30,31)21-11-12-22-18(14-21)13-16(4)27(22)17(5)28/h7-12,14-16,23,26H,6,13H2,1-5H3,(H,25,29)/t16-,23+/m0/s1. The summed E-state index contributed by atoms with van der Waals surface area (Å²) in [5.41, 5.74) is 2.06. The number of ether oxygens (including phenoxy) is 1. The second kappa shape index (κ2) is 9.93. The number of nitrogens with one attached hydrogen (secondary N) is 2. The van der Waals surface area contributed by atoms with Crippen LogP contribution in [0.1, 0.15) is 40.2 Å². The highest BCUT2D eigenvalue weighted by molar-refractivity contribution is 7.89. The maximum atomic E-state index is 13.1. The highest BCUT2D eigenvalue weighted by atomic mass is 32.2. The van der Waals surface area contributed by atoms with Crippen molar-refractivity contribution in [3.63, 3.8) is 0 Å². The third kappa shape index (κ3) is 5.54. The molecule has 33 heavy (non-hydrogen) atoms. The summed E-state index contributed by atoms with van der Waals surface area (Å²) in [4.78, 5) is 26.6. The maximum Gasteiger partial charge on any atom is 0.242 e. The Morgan fingerprint density at radius 1 is 1.15 bits per heavy atom. The first kappa shape index (κ1) is 24.7. The molecule has 2 aromatic rings. The summed E-state index contributed by atoms with van der Waals surface area (Å²) < 4.78 is 34.2. The third-order valence-electron chi connectivity index (χ3n) is 5.58. The van der Waals surface area contributed by atoms with E-state index in [0.29, 0.717) is 24.5 Å². The number of benzene rings is 2. The molecule has 2 amide bonds. The molecular formula is C24H31N3O5S. The summed E-state index contributed by atoms with van der Waals surface area (Å²) in [5, 5.41) is 2.77. The zero-order valence-electron chi connectivity index (χ0n) is 19.6. The molecule has 8 nitrogen and oxygen atoms in total. The highest BCUT2D eigenvalue weighted by Crippen LogP contribution is 2.34. The number of sulfonamides is 1. The van der Waals surface area contributed by atoms with Gasteiger partial charge >= 0.3 is 0 Å². The van der Waals surface area contributed by atoms with Gasteiger partial charge in [-0.3, -0.25) is 9.59 Å². The number of nitrogens with zero attached hydrogens (tertiary/aromatic N) is 1. The number of hydrogen-bond donors (Lipinski definition) is 2. The molecule has 1 aliphatic heterocycles. The number of carbonyl (C=O) groups is 2. The number of hydrogen-bond acceptors (Lipinski definition) is 5. The van der Waals surface area contributed by atoms with Crippen molar-refractivity contribution in [2.75, 3.05) is 16.8 Å². The molecule has 0 unspecified atom stereocenters. The molecule has 0 aromatic heterocycles. The Kier molecular flexibility index (Phi) is 7.44. The zero-order valence-corrected chi connectivity index (χ0v) is 20.4.